The molecule has 0 atom stereocenters. The Hall–Kier alpha value is -2.95. The maximum absolute atomic E-state index is 12.4. The number of hydrogen-bond donors (Lipinski definition) is 0. The van der Waals surface area contributed by atoms with E-state index < -0.39 is 5.41 Å². The quantitative estimate of drug-likeness (QED) is 0.296. The molecule has 158 valence electrons. The van der Waals surface area contributed by atoms with E-state index in [2.05, 4.69) is 17.1 Å². The van der Waals surface area contributed by atoms with E-state index in [-0.39, 0.29) is 5.78 Å². The smallest absolute Gasteiger partial charge is 0.258 e. The lowest BCUT2D eigenvalue weighted by atomic mass is 9.86. The number of ketones is 1. The standard InChI is InChI=1S/C25H30N2O3/c1-5-6-7-8-17-29-21-15-13-19(14-16-21)23-26-24(30-27-23)20-11-9-18(10-12-20)22(28)25(2,3)4/h9-16H,5-8,17H2,1-4H3. The number of aromatic nitrogens is 2. The zero-order valence-electron chi connectivity index (χ0n) is 18.3. The van der Waals surface area contributed by atoms with Gasteiger partial charge in [0.05, 0.1) is 6.61 Å². The second-order valence-electron chi connectivity index (χ2n) is 8.51. The van der Waals surface area contributed by atoms with Crippen LogP contribution in [0.15, 0.2) is 53.1 Å². The van der Waals surface area contributed by atoms with Crippen molar-refractivity contribution in [3.05, 3.63) is 54.1 Å². The summed E-state index contributed by atoms with van der Waals surface area (Å²) in [6, 6.07) is 15.0. The fourth-order valence-corrected chi connectivity index (χ4v) is 3.07. The van der Waals surface area contributed by atoms with Crippen molar-refractivity contribution in [1.29, 1.82) is 0 Å². The van der Waals surface area contributed by atoms with Crippen LogP contribution in [0.25, 0.3) is 22.8 Å². The van der Waals surface area contributed by atoms with Gasteiger partial charge >= 0.3 is 0 Å². The Balaban J connectivity index is 1.64. The Morgan fingerprint density at radius 3 is 2.23 bits per heavy atom. The molecular weight excluding hydrogens is 376 g/mol. The average Bonchev–Trinajstić information content (AvgIpc) is 3.23. The van der Waals surface area contributed by atoms with Crippen LogP contribution in [-0.2, 0) is 0 Å². The minimum Gasteiger partial charge on any atom is -0.494 e. The van der Waals surface area contributed by atoms with Crippen molar-refractivity contribution in [3.8, 4) is 28.6 Å². The zero-order valence-corrected chi connectivity index (χ0v) is 18.3. The van der Waals surface area contributed by atoms with Gasteiger partial charge < -0.3 is 9.26 Å². The number of carbonyl (C=O) groups excluding carboxylic acids is 1. The van der Waals surface area contributed by atoms with Crippen LogP contribution < -0.4 is 4.74 Å². The number of nitrogens with zero attached hydrogens (tertiary/aromatic N) is 2. The van der Waals surface area contributed by atoms with Crippen molar-refractivity contribution >= 4 is 5.78 Å². The summed E-state index contributed by atoms with van der Waals surface area (Å²) in [5.41, 5.74) is 1.91. The summed E-state index contributed by atoms with van der Waals surface area (Å²) in [5.74, 6) is 1.90. The third kappa shape index (κ3) is 5.56. The van der Waals surface area contributed by atoms with Crippen LogP contribution in [0.3, 0.4) is 0 Å². The first kappa shape index (κ1) is 21.8. The summed E-state index contributed by atoms with van der Waals surface area (Å²) in [6.07, 6.45) is 4.74. The number of hydrogen-bond acceptors (Lipinski definition) is 5. The van der Waals surface area contributed by atoms with Crippen molar-refractivity contribution in [2.24, 2.45) is 5.41 Å². The monoisotopic (exact) mass is 406 g/mol. The molecule has 0 spiro atoms. The van der Waals surface area contributed by atoms with E-state index in [0.717, 1.165) is 29.9 Å². The zero-order chi connectivity index (χ0) is 21.6. The number of unbranched alkanes of at least 4 members (excludes halogenated alkanes) is 3. The molecule has 3 rings (SSSR count). The molecule has 5 heteroatoms. The maximum atomic E-state index is 12.4. The van der Waals surface area contributed by atoms with Crippen molar-refractivity contribution in [1.82, 2.24) is 10.1 Å². The second kappa shape index (κ2) is 9.70. The van der Waals surface area contributed by atoms with Gasteiger partial charge in [-0.25, -0.2) is 0 Å². The summed E-state index contributed by atoms with van der Waals surface area (Å²) in [5, 5.41) is 4.09. The van der Waals surface area contributed by atoms with Crippen LogP contribution in [0.1, 0.15) is 63.7 Å². The Morgan fingerprint density at radius 2 is 1.60 bits per heavy atom. The Bertz CT molecular complexity index is 951. The van der Waals surface area contributed by atoms with Gasteiger partial charge in [0.15, 0.2) is 5.78 Å². The van der Waals surface area contributed by atoms with Gasteiger partial charge in [-0.15, -0.1) is 0 Å². The molecule has 0 radical (unpaired) electrons. The molecule has 0 saturated heterocycles. The first-order valence-corrected chi connectivity index (χ1v) is 10.6. The molecule has 5 nitrogen and oxygen atoms in total. The Morgan fingerprint density at radius 1 is 0.933 bits per heavy atom. The van der Waals surface area contributed by atoms with Crippen LogP contribution in [0.2, 0.25) is 0 Å². The molecule has 0 unspecified atom stereocenters. The van der Waals surface area contributed by atoms with Gasteiger partial charge in [0.25, 0.3) is 5.89 Å². The molecule has 0 fully saturated rings. The first-order valence-electron chi connectivity index (χ1n) is 10.6. The number of carbonyl (C=O) groups is 1. The molecule has 0 bridgehead atoms. The fraction of sp³-hybridized carbons (Fsp3) is 0.400. The highest BCUT2D eigenvalue weighted by Crippen LogP contribution is 2.26. The highest BCUT2D eigenvalue weighted by atomic mass is 16.5. The molecule has 0 aliphatic heterocycles. The highest BCUT2D eigenvalue weighted by molar-refractivity contribution is 6.00. The van der Waals surface area contributed by atoms with E-state index >= 15 is 0 Å². The lowest BCUT2D eigenvalue weighted by molar-refractivity contribution is 0.0858. The fourth-order valence-electron chi connectivity index (χ4n) is 3.07. The SMILES string of the molecule is CCCCCCOc1ccc(-c2noc(-c3ccc(C(=O)C(C)(C)C)cc3)n2)cc1. The maximum Gasteiger partial charge on any atom is 0.258 e. The lowest BCUT2D eigenvalue weighted by Crippen LogP contribution is -2.19. The van der Waals surface area contributed by atoms with Gasteiger partial charge in [-0.1, -0.05) is 64.2 Å². The second-order valence-corrected chi connectivity index (χ2v) is 8.51. The van der Waals surface area contributed by atoms with Crippen molar-refractivity contribution in [2.45, 2.75) is 53.4 Å². The molecular formula is C25H30N2O3. The summed E-state index contributed by atoms with van der Waals surface area (Å²) in [6.45, 7) is 8.67. The van der Waals surface area contributed by atoms with Gasteiger partial charge in [-0.2, -0.15) is 4.98 Å². The van der Waals surface area contributed by atoms with Gasteiger partial charge in [0.1, 0.15) is 5.75 Å². The molecule has 0 aliphatic rings. The molecule has 0 saturated carbocycles. The van der Waals surface area contributed by atoms with Gasteiger partial charge in [-0.05, 0) is 42.8 Å². The molecule has 30 heavy (non-hydrogen) atoms. The molecule has 2 aromatic carbocycles. The predicted octanol–water partition coefficient (Wildman–Crippen LogP) is 6.59. The summed E-state index contributed by atoms with van der Waals surface area (Å²) >= 11 is 0. The third-order valence-electron chi connectivity index (χ3n) is 4.88. The number of Topliss-reactive ketones (excluding diaryl/α,β-unsaturated/α-hetero) is 1. The first-order chi connectivity index (χ1) is 14.4. The van der Waals surface area contributed by atoms with Crippen LogP contribution in [0.4, 0.5) is 0 Å². The Labute approximate surface area is 178 Å². The molecule has 3 aromatic rings. The summed E-state index contributed by atoms with van der Waals surface area (Å²) in [7, 11) is 0. The normalized spacial score (nSPS) is 11.5. The molecule has 0 amide bonds. The van der Waals surface area contributed by atoms with Gasteiger partial charge in [0, 0.05) is 22.1 Å². The van der Waals surface area contributed by atoms with Gasteiger partial charge in [0.2, 0.25) is 5.82 Å². The molecule has 0 N–H and O–H groups in total. The van der Waals surface area contributed by atoms with E-state index in [1.54, 1.807) is 12.1 Å². The number of benzene rings is 2. The molecule has 0 aliphatic carbocycles. The number of rotatable bonds is 9. The average molecular weight is 407 g/mol. The minimum atomic E-state index is -0.412. The molecule has 1 heterocycles. The van der Waals surface area contributed by atoms with Gasteiger partial charge in [-0.3, -0.25) is 4.79 Å². The van der Waals surface area contributed by atoms with E-state index in [1.807, 2.05) is 57.2 Å². The number of ether oxygens (including phenoxy) is 1. The lowest BCUT2D eigenvalue weighted by Gasteiger charge is -2.16. The summed E-state index contributed by atoms with van der Waals surface area (Å²) < 4.78 is 11.2. The third-order valence-corrected chi connectivity index (χ3v) is 4.88. The largest absolute Gasteiger partial charge is 0.494 e. The van der Waals surface area contributed by atoms with E-state index in [1.165, 1.54) is 19.3 Å². The highest BCUT2D eigenvalue weighted by Gasteiger charge is 2.23. The van der Waals surface area contributed by atoms with Crippen molar-refractivity contribution in [3.63, 3.8) is 0 Å². The Kier molecular flexibility index (Phi) is 7.03. The van der Waals surface area contributed by atoms with Crippen LogP contribution >= 0.6 is 0 Å². The molecule has 1 aromatic heterocycles. The van der Waals surface area contributed by atoms with Crippen LogP contribution in [-0.4, -0.2) is 22.5 Å². The van der Waals surface area contributed by atoms with E-state index in [4.69, 9.17) is 9.26 Å². The minimum absolute atomic E-state index is 0.105. The van der Waals surface area contributed by atoms with E-state index in [9.17, 15) is 4.79 Å². The van der Waals surface area contributed by atoms with E-state index in [0.29, 0.717) is 17.3 Å². The van der Waals surface area contributed by atoms with Crippen molar-refractivity contribution in [2.75, 3.05) is 6.61 Å². The topological polar surface area (TPSA) is 65.2 Å². The van der Waals surface area contributed by atoms with Crippen molar-refractivity contribution < 1.29 is 14.1 Å². The van der Waals surface area contributed by atoms with Crippen LogP contribution in [0, 0.1) is 5.41 Å². The summed E-state index contributed by atoms with van der Waals surface area (Å²) in [4.78, 5) is 16.9. The van der Waals surface area contributed by atoms with Crippen LogP contribution in [0.5, 0.6) is 5.75 Å². The predicted molar refractivity (Wildman–Crippen MR) is 119 cm³/mol.